The molecule has 1 N–H and O–H groups in total. The summed E-state index contributed by atoms with van der Waals surface area (Å²) in [5, 5.41) is 9.20. The minimum Gasteiger partial charge on any atom is -0.365 e. The monoisotopic (exact) mass is 170 g/mol. The molecule has 0 aliphatic carbocycles. The van der Waals surface area contributed by atoms with E-state index in [1.54, 1.807) is 6.08 Å². The Balaban J connectivity index is 3.65. The summed E-state index contributed by atoms with van der Waals surface area (Å²) >= 11 is 0. The minimum atomic E-state index is -0.773. The molecule has 2 heteroatoms. The Labute approximate surface area is 74.6 Å². The van der Waals surface area contributed by atoms with E-state index in [1.807, 2.05) is 33.8 Å². The van der Waals surface area contributed by atoms with Crippen molar-refractivity contribution in [3.05, 3.63) is 23.3 Å². The van der Waals surface area contributed by atoms with Gasteiger partial charge in [0, 0.05) is 0 Å². The van der Waals surface area contributed by atoms with Crippen molar-refractivity contribution in [3.63, 3.8) is 0 Å². The lowest BCUT2D eigenvalue weighted by Gasteiger charge is -2.05. The van der Waals surface area contributed by atoms with E-state index < -0.39 is 6.29 Å². The quantitative estimate of drug-likeness (QED) is 0.518. The van der Waals surface area contributed by atoms with Crippen LogP contribution in [0.5, 0.6) is 0 Å². The predicted octanol–water partition coefficient (Wildman–Crippen LogP) is 2.25. The third-order valence-corrected chi connectivity index (χ3v) is 1.23. The van der Waals surface area contributed by atoms with Crippen LogP contribution in [-0.2, 0) is 4.74 Å². The molecule has 12 heavy (non-hydrogen) atoms. The lowest BCUT2D eigenvalue weighted by atomic mass is 10.3. The van der Waals surface area contributed by atoms with Gasteiger partial charge in [-0.2, -0.15) is 0 Å². The van der Waals surface area contributed by atoms with E-state index in [0.717, 1.165) is 5.57 Å². The molecule has 0 heterocycles. The van der Waals surface area contributed by atoms with Crippen LogP contribution in [0.2, 0.25) is 0 Å². The van der Waals surface area contributed by atoms with Gasteiger partial charge < -0.3 is 9.84 Å². The molecular formula is C10H18O2. The lowest BCUT2D eigenvalue weighted by Crippen LogP contribution is -2.08. The van der Waals surface area contributed by atoms with E-state index in [2.05, 4.69) is 0 Å². The molecular weight excluding hydrogens is 152 g/mol. The summed E-state index contributed by atoms with van der Waals surface area (Å²) in [5.41, 5.74) is 2.25. The van der Waals surface area contributed by atoms with Crippen molar-refractivity contribution in [2.24, 2.45) is 0 Å². The molecule has 2 nitrogen and oxygen atoms in total. The molecule has 0 amide bonds. The second kappa shape index (κ2) is 5.98. The highest BCUT2D eigenvalue weighted by Crippen LogP contribution is 1.97. The highest BCUT2D eigenvalue weighted by molar-refractivity contribution is 4.96. The zero-order valence-corrected chi connectivity index (χ0v) is 8.29. The molecule has 0 aliphatic rings. The summed E-state index contributed by atoms with van der Waals surface area (Å²) < 4.78 is 5.07. The number of aliphatic hydroxyl groups excluding tert-OH is 1. The third-order valence-electron chi connectivity index (χ3n) is 1.23. The SMILES string of the molecule is CC(C)=CCOC(O)C=C(C)C. The van der Waals surface area contributed by atoms with E-state index in [0.29, 0.717) is 6.61 Å². The summed E-state index contributed by atoms with van der Waals surface area (Å²) in [6.45, 7) is 8.31. The lowest BCUT2D eigenvalue weighted by molar-refractivity contribution is -0.0528. The maximum atomic E-state index is 9.20. The summed E-state index contributed by atoms with van der Waals surface area (Å²) in [5.74, 6) is 0. The summed E-state index contributed by atoms with van der Waals surface area (Å²) in [7, 11) is 0. The Kier molecular flexibility index (Phi) is 5.68. The summed E-state index contributed by atoms with van der Waals surface area (Å²) in [6.07, 6.45) is 2.84. The highest BCUT2D eigenvalue weighted by atomic mass is 16.6. The third kappa shape index (κ3) is 7.51. The Morgan fingerprint density at radius 3 is 2.25 bits per heavy atom. The first-order valence-corrected chi connectivity index (χ1v) is 4.10. The minimum absolute atomic E-state index is 0.466. The molecule has 0 rings (SSSR count). The Morgan fingerprint density at radius 2 is 1.83 bits per heavy atom. The van der Waals surface area contributed by atoms with Gasteiger partial charge in [0.2, 0.25) is 0 Å². The largest absolute Gasteiger partial charge is 0.365 e. The van der Waals surface area contributed by atoms with Gasteiger partial charge in [-0.05, 0) is 33.8 Å². The zero-order valence-electron chi connectivity index (χ0n) is 8.29. The molecule has 1 unspecified atom stereocenters. The molecule has 0 saturated carbocycles. The molecule has 0 aromatic heterocycles. The maximum absolute atomic E-state index is 9.20. The number of hydrogen-bond acceptors (Lipinski definition) is 2. The molecule has 1 atom stereocenters. The number of rotatable bonds is 4. The smallest absolute Gasteiger partial charge is 0.174 e. The maximum Gasteiger partial charge on any atom is 0.174 e. The van der Waals surface area contributed by atoms with Gasteiger partial charge in [-0.1, -0.05) is 17.2 Å². The molecule has 70 valence electrons. The van der Waals surface area contributed by atoms with Gasteiger partial charge in [-0.25, -0.2) is 0 Å². The molecule has 0 aromatic rings. The van der Waals surface area contributed by atoms with Crippen LogP contribution >= 0.6 is 0 Å². The van der Waals surface area contributed by atoms with Crippen molar-refractivity contribution in [3.8, 4) is 0 Å². The summed E-state index contributed by atoms with van der Waals surface area (Å²) in [6, 6.07) is 0. The molecule has 0 fully saturated rings. The van der Waals surface area contributed by atoms with Crippen LogP contribution in [0.4, 0.5) is 0 Å². The molecule has 0 spiro atoms. The van der Waals surface area contributed by atoms with Crippen LogP contribution in [-0.4, -0.2) is 18.0 Å². The normalized spacial score (nSPS) is 12.1. The Morgan fingerprint density at radius 1 is 1.25 bits per heavy atom. The Bertz CT molecular complexity index is 172. The van der Waals surface area contributed by atoms with E-state index >= 15 is 0 Å². The van der Waals surface area contributed by atoms with E-state index in [9.17, 15) is 5.11 Å². The van der Waals surface area contributed by atoms with E-state index in [-0.39, 0.29) is 0 Å². The first-order valence-electron chi connectivity index (χ1n) is 4.10. The van der Waals surface area contributed by atoms with Gasteiger partial charge in [0.1, 0.15) is 0 Å². The van der Waals surface area contributed by atoms with Gasteiger partial charge >= 0.3 is 0 Å². The average Bonchev–Trinajstić information content (AvgIpc) is 1.84. The molecule has 0 aliphatic heterocycles. The second-order valence-electron chi connectivity index (χ2n) is 3.25. The van der Waals surface area contributed by atoms with Crippen molar-refractivity contribution in [1.82, 2.24) is 0 Å². The Hall–Kier alpha value is -0.600. The van der Waals surface area contributed by atoms with Crippen molar-refractivity contribution in [2.75, 3.05) is 6.61 Å². The molecule has 0 bridgehead atoms. The fraction of sp³-hybridized carbons (Fsp3) is 0.600. The van der Waals surface area contributed by atoms with Crippen LogP contribution in [0.1, 0.15) is 27.7 Å². The zero-order chi connectivity index (χ0) is 9.56. The topological polar surface area (TPSA) is 29.5 Å². The first kappa shape index (κ1) is 11.4. The second-order valence-corrected chi connectivity index (χ2v) is 3.25. The van der Waals surface area contributed by atoms with Crippen LogP contribution in [0, 0.1) is 0 Å². The molecule has 0 radical (unpaired) electrons. The number of aliphatic hydroxyl groups is 1. The van der Waals surface area contributed by atoms with Crippen LogP contribution in [0.3, 0.4) is 0 Å². The molecule has 0 aromatic carbocycles. The van der Waals surface area contributed by atoms with Gasteiger partial charge in [0.25, 0.3) is 0 Å². The fourth-order valence-corrected chi connectivity index (χ4v) is 0.647. The van der Waals surface area contributed by atoms with E-state index in [1.165, 1.54) is 5.57 Å². The first-order chi connectivity index (χ1) is 5.52. The van der Waals surface area contributed by atoms with Crippen molar-refractivity contribution in [2.45, 2.75) is 34.0 Å². The average molecular weight is 170 g/mol. The number of hydrogen-bond donors (Lipinski definition) is 1. The number of allylic oxidation sites excluding steroid dienone is 2. The standard InChI is InChI=1S/C10H18O2/c1-8(2)5-6-12-10(11)7-9(3)4/h5,7,10-11H,6H2,1-4H3. The van der Waals surface area contributed by atoms with Crippen molar-refractivity contribution < 1.29 is 9.84 Å². The van der Waals surface area contributed by atoms with Crippen molar-refractivity contribution >= 4 is 0 Å². The van der Waals surface area contributed by atoms with Gasteiger partial charge in [0.05, 0.1) is 6.61 Å². The van der Waals surface area contributed by atoms with Gasteiger partial charge in [-0.15, -0.1) is 0 Å². The van der Waals surface area contributed by atoms with Gasteiger partial charge in [-0.3, -0.25) is 0 Å². The van der Waals surface area contributed by atoms with Crippen LogP contribution in [0.15, 0.2) is 23.3 Å². The molecule has 0 saturated heterocycles. The van der Waals surface area contributed by atoms with Crippen LogP contribution < -0.4 is 0 Å². The summed E-state index contributed by atoms with van der Waals surface area (Å²) in [4.78, 5) is 0. The van der Waals surface area contributed by atoms with Crippen LogP contribution in [0.25, 0.3) is 0 Å². The number of ether oxygens (including phenoxy) is 1. The fourth-order valence-electron chi connectivity index (χ4n) is 0.647. The highest BCUT2D eigenvalue weighted by Gasteiger charge is 1.96. The van der Waals surface area contributed by atoms with Crippen molar-refractivity contribution in [1.29, 1.82) is 0 Å². The van der Waals surface area contributed by atoms with E-state index in [4.69, 9.17) is 4.74 Å². The predicted molar refractivity (Wildman–Crippen MR) is 50.8 cm³/mol. The van der Waals surface area contributed by atoms with Gasteiger partial charge in [0.15, 0.2) is 6.29 Å².